The van der Waals surface area contributed by atoms with Gasteiger partial charge in [-0.05, 0) is 56.2 Å². The van der Waals surface area contributed by atoms with Gasteiger partial charge >= 0.3 is 5.97 Å². The molecule has 0 heterocycles. The molecule has 2 aromatic rings. The molecule has 0 aliphatic heterocycles. The zero-order valence-electron chi connectivity index (χ0n) is 15.0. The van der Waals surface area contributed by atoms with Crippen LogP contribution < -0.4 is 10.1 Å². The fourth-order valence-electron chi connectivity index (χ4n) is 2.37. The van der Waals surface area contributed by atoms with Gasteiger partial charge in [0.1, 0.15) is 5.75 Å². The SMILES string of the molecule is CCOC(=O)c1cc(NC(=O)[C@@H](CC)Oc2cccc(C)c2)ccc1Cl. The van der Waals surface area contributed by atoms with E-state index in [1.54, 1.807) is 19.1 Å². The summed E-state index contributed by atoms with van der Waals surface area (Å²) in [5.41, 5.74) is 1.71. The van der Waals surface area contributed by atoms with Crippen LogP contribution in [0.25, 0.3) is 0 Å². The van der Waals surface area contributed by atoms with E-state index >= 15 is 0 Å². The van der Waals surface area contributed by atoms with E-state index in [2.05, 4.69) is 5.32 Å². The molecule has 0 unspecified atom stereocenters. The number of nitrogens with one attached hydrogen (secondary N) is 1. The van der Waals surface area contributed by atoms with Crippen LogP contribution in [0, 0.1) is 6.92 Å². The highest BCUT2D eigenvalue weighted by molar-refractivity contribution is 6.33. The molecule has 0 aliphatic rings. The van der Waals surface area contributed by atoms with E-state index in [1.807, 2.05) is 38.1 Å². The Morgan fingerprint density at radius 2 is 1.92 bits per heavy atom. The lowest BCUT2D eigenvalue weighted by atomic mass is 10.2. The average Bonchev–Trinajstić information content (AvgIpc) is 2.61. The summed E-state index contributed by atoms with van der Waals surface area (Å²) in [5.74, 6) is -0.196. The number of ether oxygens (including phenoxy) is 2. The summed E-state index contributed by atoms with van der Waals surface area (Å²) in [7, 11) is 0. The topological polar surface area (TPSA) is 64.6 Å². The Morgan fingerprint density at radius 3 is 2.58 bits per heavy atom. The summed E-state index contributed by atoms with van der Waals surface area (Å²) in [6.07, 6.45) is -0.156. The fourth-order valence-corrected chi connectivity index (χ4v) is 2.56. The third-order valence-electron chi connectivity index (χ3n) is 3.66. The number of halogens is 1. The molecule has 0 bridgehead atoms. The molecule has 0 radical (unpaired) electrons. The summed E-state index contributed by atoms with van der Waals surface area (Å²) in [5, 5.41) is 3.03. The van der Waals surface area contributed by atoms with Gasteiger partial charge in [0, 0.05) is 5.69 Å². The van der Waals surface area contributed by atoms with Crippen molar-refractivity contribution in [3.8, 4) is 5.75 Å². The van der Waals surface area contributed by atoms with Crippen LogP contribution in [-0.4, -0.2) is 24.6 Å². The van der Waals surface area contributed by atoms with Crippen molar-refractivity contribution in [1.29, 1.82) is 0 Å². The zero-order chi connectivity index (χ0) is 19.1. The maximum Gasteiger partial charge on any atom is 0.339 e. The fraction of sp³-hybridized carbons (Fsp3) is 0.300. The summed E-state index contributed by atoms with van der Waals surface area (Å²) >= 11 is 6.04. The molecule has 6 heteroatoms. The third kappa shape index (κ3) is 5.23. The third-order valence-corrected chi connectivity index (χ3v) is 3.99. The Balaban J connectivity index is 2.12. The first-order valence-electron chi connectivity index (χ1n) is 8.45. The van der Waals surface area contributed by atoms with Crippen molar-refractivity contribution in [3.63, 3.8) is 0 Å². The summed E-state index contributed by atoms with van der Waals surface area (Å²) < 4.78 is 10.8. The lowest BCUT2D eigenvalue weighted by Crippen LogP contribution is -2.32. The number of anilines is 1. The van der Waals surface area contributed by atoms with Crippen LogP contribution in [0.15, 0.2) is 42.5 Å². The van der Waals surface area contributed by atoms with E-state index in [0.29, 0.717) is 17.9 Å². The molecule has 1 N–H and O–H groups in total. The van der Waals surface area contributed by atoms with Crippen molar-refractivity contribution in [3.05, 3.63) is 58.6 Å². The Labute approximate surface area is 158 Å². The van der Waals surface area contributed by atoms with Crippen LogP contribution in [0.4, 0.5) is 5.69 Å². The van der Waals surface area contributed by atoms with E-state index in [9.17, 15) is 9.59 Å². The van der Waals surface area contributed by atoms with Crippen molar-refractivity contribution in [1.82, 2.24) is 0 Å². The van der Waals surface area contributed by atoms with Crippen molar-refractivity contribution in [2.75, 3.05) is 11.9 Å². The monoisotopic (exact) mass is 375 g/mol. The van der Waals surface area contributed by atoms with E-state index in [4.69, 9.17) is 21.1 Å². The van der Waals surface area contributed by atoms with Gasteiger partial charge in [-0.3, -0.25) is 4.79 Å². The predicted molar refractivity (Wildman–Crippen MR) is 102 cm³/mol. The minimum atomic E-state index is -0.654. The summed E-state index contributed by atoms with van der Waals surface area (Å²) in [6, 6.07) is 12.2. The van der Waals surface area contributed by atoms with Crippen molar-refractivity contribution in [2.24, 2.45) is 0 Å². The van der Waals surface area contributed by atoms with Gasteiger partial charge in [0.15, 0.2) is 6.10 Å². The van der Waals surface area contributed by atoms with Crippen molar-refractivity contribution >= 4 is 29.2 Å². The van der Waals surface area contributed by atoms with Crippen LogP contribution in [0.1, 0.15) is 36.2 Å². The number of carbonyl (C=O) groups excluding carboxylic acids is 2. The second kappa shape index (κ2) is 9.25. The first kappa shape index (κ1) is 19.8. The van der Waals surface area contributed by atoms with Crippen LogP contribution >= 0.6 is 11.6 Å². The van der Waals surface area contributed by atoms with Gasteiger partial charge in [0.05, 0.1) is 17.2 Å². The number of carbonyl (C=O) groups is 2. The van der Waals surface area contributed by atoms with Crippen LogP contribution in [0.2, 0.25) is 5.02 Å². The van der Waals surface area contributed by atoms with E-state index in [0.717, 1.165) is 5.56 Å². The molecule has 0 aliphatic carbocycles. The Morgan fingerprint density at radius 1 is 1.15 bits per heavy atom. The average molecular weight is 376 g/mol. The molecule has 138 valence electrons. The Kier molecular flexibility index (Phi) is 7.04. The second-order valence-electron chi connectivity index (χ2n) is 5.74. The van der Waals surface area contributed by atoms with Gasteiger partial charge in [-0.1, -0.05) is 30.7 Å². The number of hydrogen-bond donors (Lipinski definition) is 1. The molecule has 0 aromatic heterocycles. The van der Waals surface area contributed by atoms with Crippen LogP contribution in [-0.2, 0) is 9.53 Å². The molecular weight excluding hydrogens is 354 g/mol. The largest absolute Gasteiger partial charge is 0.481 e. The van der Waals surface area contributed by atoms with Gasteiger partial charge in [-0.25, -0.2) is 4.79 Å². The minimum absolute atomic E-state index is 0.207. The highest BCUT2D eigenvalue weighted by atomic mass is 35.5. The van der Waals surface area contributed by atoms with E-state index < -0.39 is 12.1 Å². The smallest absolute Gasteiger partial charge is 0.339 e. The molecule has 0 saturated heterocycles. The van der Waals surface area contributed by atoms with Crippen molar-refractivity contribution in [2.45, 2.75) is 33.3 Å². The van der Waals surface area contributed by atoms with Crippen LogP contribution in [0.3, 0.4) is 0 Å². The van der Waals surface area contributed by atoms with E-state index in [-0.39, 0.29) is 23.1 Å². The maximum atomic E-state index is 12.5. The first-order valence-corrected chi connectivity index (χ1v) is 8.83. The van der Waals surface area contributed by atoms with Gasteiger partial charge in [0.25, 0.3) is 5.91 Å². The molecule has 0 spiro atoms. The van der Waals surface area contributed by atoms with Gasteiger partial charge in [-0.15, -0.1) is 0 Å². The minimum Gasteiger partial charge on any atom is -0.481 e. The lowest BCUT2D eigenvalue weighted by Gasteiger charge is -2.18. The maximum absolute atomic E-state index is 12.5. The summed E-state index contributed by atoms with van der Waals surface area (Å²) in [6.45, 7) is 5.78. The molecule has 26 heavy (non-hydrogen) atoms. The molecule has 2 aromatic carbocycles. The number of amides is 1. The quantitative estimate of drug-likeness (QED) is 0.717. The van der Waals surface area contributed by atoms with Gasteiger partial charge < -0.3 is 14.8 Å². The zero-order valence-corrected chi connectivity index (χ0v) is 15.8. The molecule has 5 nitrogen and oxygen atoms in total. The lowest BCUT2D eigenvalue weighted by molar-refractivity contribution is -0.122. The Bertz CT molecular complexity index is 791. The molecule has 1 amide bonds. The predicted octanol–water partition coefficient (Wildman–Crippen LogP) is 4.62. The highest BCUT2D eigenvalue weighted by Gasteiger charge is 2.20. The molecule has 1 atom stereocenters. The standard InChI is InChI=1S/C20H22ClNO4/c1-4-18(26-15-8-6-7-13(3)11-15)19(23)22-14-9-10-17(21)16(12-14)20(24)25-5-2/h6-12,18H,4-5H2,1-3H3,(H,22,23)/t18-/m1/s1. The first-order chi connectivity index (χ1) is 12.4. The van der Waals surface area contributed by atoms with Crippen LogP contribution in [0.5, 0.6) is 5.75 Å². The number of hydrogen-bond acceptors (Lipinski definition) is 4. The number of esters is 1. The molecule has 0 fully saturated rings. The van der Waals surface area contributed by atoms with Gasteiger partial charge in [0.2, 0.25) is 0 Å². The number of aryl methyl sites for hydroxylation is 1. The van der Waals surface area contributed by atoms with Gasteiger partial charge in [-0.2, -0.15) is 0 Å². The number of benzene rings is 2. The Hall–Kier alpha value is -2.53. The molecule has 2 rings (SSSR count). The van der Waals surface area contributed by atoms with Crippen molar-refractivity contribution < 1.29 is 19.1 Å². The normalized spacial score (nSPS) is 11.5. The summed E-state index contributed by atoms with van der Waals surface area (Å²) in [4.78, 5) is 24.5. The second-order valence-corrected chi connectivity index (χ2v) is 6.14. The molecule has 0 saturated carbocycles. The molecular formula is C20H22ClNO4. The highest BCUT2D eigenvalue weighted by Crippen LogP contribution is 2.22. The number of rotatable bonds is 7. The van der Waals surface area contributed by atoms with E-state index in [1.165, 1.54) is 6.07 Å².